The zero-order valence-electron chi connectivity index (χ0n) is 52.2. The predicted octanol–water partition coefficient (Wildman–Crippen LogP) is 13.3. The number of hydrogen-bond acceptors (Lipinski definition) is 13. The van der Waals surface area contributed by atoms with Crippen molar-refractivity contribution >= 4 is 5.91 Å². The molecule has 2 saturated heterocycles. The van der Waals surface area contributed by atoms with Crippen LogP contribution in [0.15, 0.2) is 36.5 Å². The molecule has 12 atom stereocenters. The first-order valence-electron chi connectivity index (χ1n) is 34.2. The molecule has 0 aliphatic carbocycles. The van der Waals surface area contributed by atoms with E-state index in [4.69, 9.17) is 18.9 Å². The van der Waals surface area contributed by atoms with Gasteiger partial charge in [-0.3, -0.25) is 4.79 Å². The summed E-state index contributed by atoms with van der Waals surface area (Å²) < 4.78 is 22.9. The Bertz CT molecular complexity index is 1510. The van der Waals surface area contributed by atoms with Gasteiger partial charge in [-0.25, -0.2) is 0 Å². The van der Waals surface area contributed by atoms with Crippen LogP contribution in [0.4, 0.5) is 0 Å². The van der Waals surface area contributed by atoms with E-state index in [9.17, 15) is 45.6 Å². The number of aliphatic hydroxyl groups is 8. The van der Waals surface area contributed by atoms with Crippen molar-refractivity contribution in [3.63, 3.8) is 0 Å². The van der Waals surface area contributed by atoms with Crippen molar-refractivity contribution in [2.24, 2.45) is 0 Å². The van der Waals surface area contributed by atoms with Gasteiger partial charge < -0.3 is 65.1 Å². The fourth-order valence-electron chi connectivity index (χ4n) is 11.4. The van der Waals surface area contributed by atoms with Gasteiger partial charge in [-0.1, -0.05) is 275 Å². The normalized spacial score (nSPS) is 24.1. The molecule has 0 aromatic rings. The lowest BCUT2D eigenvalue weighted by Crippen LogP contribution is -2.65. The van der Waals surface area contributed by atoms with Gasteiger partial charge in [-0.05, 0) is 51.4 Å². The molecule has 14 heteroatoms. The summed E-state index contributed by atoms with van der Waals surface area (Å²) in [4.78, 5) is 13.3. The molecule has 14 nitrogen and oxygen atoms in total. The average Bonchev–Trinajstić information content (AvgIpc) is 3.52. The van der Waals surface area contributed by atoms with Crippen LogP contribution >= 0.6 is 0 Å². The highest BCUT2D eigenvalue weighted by molar-refractivity contribution is 5.76. The fourth-order valence-corrected chi connectivity index (χ4v) is 11.4. The number of unbranched alkanes of at least 4 members (excludes halogenated alkanes) is 37. The van der Waals surface area contributed by atoms with E-state index < -0.39 is 86.8 Å². The lowest BCUT2D eigenvalue weighted by atomic mass is 9.97. The number of rotatable bonds is 56. The van der Waals surface area contributed by atoms with Crippen LogP contribution in [0, 0.1) is 0 Å². The summed E-state index contributed by atoms with van der Waals surface area (Å²) in [6.07, 6.45) is 50.1. The summed E-state index contributed by atoms with van der Waals surface area (Å²) in [5.74, 6) is -0.203. The van der Waals surface area contributed by atoms with Crippen LogP contribution in [0.3, 0.4) is 0 Å². The van der Waals surface area contributed by atoms with Gasteiger partial charge in [0.2, 0.25) is 5.91 Å². The van der Waals surface area contributed by atoms with Gasteiger partial charge in [0.25, 0.3) is 0 Å². The Morgan fingerprint density at radius 2 is 0.805 bits per heavy atom. The number of amides is 1. The first kappa shape index (κ1) is 76.3. The van der Waals surface area contributed by atoms with E-state index in [1.165, 1.54) is 205 Å². The molecule has 0 radical (unpaired) electrons. The number of hydrogen-bond donors (Lipinski definition) is 9. The molecule has 9 N–H and O–H groups in total. The second-order valence-corrected chi connectivity index (χ2v) is 24.3. The minimum absolute atomic E-state index is 0.203. The fraction of sp³-hybridized carbons (Fsp3) is 0.897. The third-order valence-electron chi connectivity index (χ3n) is 16.9. The first-order chi connectivity index (χ1) is 40.1. The summed E-state index contributed by atoms with van der Waals surface area (Å²) in [5.41, 5.74) is 0. The van der Waals surface area contributed by atoms with Crippen LogP contribution in [-0.2, 0) is 23.7 Å². The molecule has 0 bridgehead atoms. The summed E-state index contributed by atoms with van der Waals surface area (Å²) in [6.45, 7) is 2.88. The second kappa shape index (κ2) is 53.4. The van der Waals surface area contributed by atoms with Crippen molar-refractivity contribution in [1.82, 2.24) is 5.32 Å². The maximum absolute atomic E-state index is 13.3. The number of allylic oxidation sites excluding steroid dienone is 6. The minimum Gasteiger partial charge on any atom is -0.394 e. The zero-order chi connectivity index (χ0) is 59.5. The van der Waals surface area contributed by atoms with Crippen LogP contribution in [0.2, 0.25) is 0 Å². The Morgan fingerprint density at radius 1 is 0.439 bits per heavy atom. The number of nitrogens with one attached hydrogen (secondary N) is 1. The topological polar surface area (TPSA) is 228 Å². The first-order valence-corrected chi connectivity index (χ1v) is 34.2. The molecule has 0 saturated carbocycles. The van der Waals surface area contributed by atoms with E-state index in [-0.39, 0.29) is 12.5 Å². The van der Waals surface area contributed by atoms with Gasteiger partial charge in [-0.2, -0.15) is 0 Å². The Hall–Kier alpha value is -1.79. The maximum atomic E-state index is 13.3. The molecular weight excluding hydrogens is 1040 g/mol. The summed E-state index contributed by atoms with van der Waals surface area (Å²) in [5, 5.41) is 87.5. The highest BCUT2D eigenvalue weighted by Crippen LogP contribution is 2.30. The summed E-state index contributed by atoms with van der Waals surface area (Å²) >= 11 is 0. The van der Waals surface area contributed by atoms with Crippen molar-refractivity contribution in [1.29, 1.82) is 0 Å². The molecule has 0 spiro atoms. The Balaban J connectivity index is 1.65. The van der Waals surface area contributed by atoms with Crippen molar-refractivity contribution in [3.8, 4) is 0 Å². The lowest BCUT2D eigenvalue weighted by molar-refractivity contribution is -0.359. The molecule has 0 aromatic heterocycles. The van der Waals surface area contributed by atoms with Crippen LogP contribution in [-0.4, -0.2) is 140 Å². The predicted molar refractivity (Wildman–Crippen MR) is 332 cm³/mol. The highest BCUT2D eigenvalue weighted by atomic mass is 16.7. The number of carbonyl (C=O) groups is 1. The van der Waals surface area contributed by atoms with Crippen molar-refractivity contribution in [3.05, 3.63) is 36.5 Å². The van der Waals surface area contributed by atoms with Gasteiger partial charge in [0.05, 0.1) is 32.0 Å². The molecule has 0 aromatic carbocycles. The van der Waals surface area contributed by atoms with E-state index in [0.717, 1.165) is 64.2 Å². The van der Waals surface area contributed by atoms with Crippen LogP contribution in [0.5, 0.6) is 0 Å². The van der Waals surface area contributed by atoms with Crippen LogP contribution < -0.4 is 5.32 Å². The van der Waals surface area contributed by atoms with Gasteiger partial charge in [-0.15, -0.1) is 0 Å². The molecule has 2 aliphatic rings. The molecular formula is C68H127NO13. The van der Waals surface area contributed by atoms with Crippen molar-refractivity contribution in [2.45, 2.75) is 370 Å². The van der Waals surface area contributed by atoms with Crippen molar-refractivity contribution < 1.29 is 64.6 Å². The van der Waals surface area contributed by atoms with Gasteiger partial charge in [0.15, 0.2) is 12.6 Å². The molecule has 2 heterocycles. The van der Waals surface area contributed by atoms with Gasteiger partial charge in [0, 0.05) is 6.42 Å². The van der Waals surface area contributed by atoms with Crippen LogP contribution in [0.25, 0.3) is 0 Å². The number of carbonyl (C=O) groups excluding carboxylic acids is 1. The Kier molecular flexibility index (Phi) is 49.7. The highest BCUT2D eigenvalue weighted by Gasteiger charge is 2.51. The number of ether oxygens (including phenoxy) is 4. The smallest absolute Gasteiger partial charge is 0.220 e. The standard InChI is InChI=1S/C68H127NO13/c1-3-5-7-9-11-13-15-17-19-21-22-23-24-25-26-27-28-29-30-31-32-33-34-36-38-40-42-44-46-48-50-52-60(73)69-56(57(72)51-49-47-45-43-41-39-37-35-20-18-16-14-12-10-8-6-4-2)55-79-67-65(78)63(76)66(59(54-71)81-67)82-68-64(77)62(75)61(74)58(53-70)80-68/h15,17,21-22,24-25,56-59,61-68,70-72,74-78H,3-14,16,18-20,23,26-55H2,1-2H3,(H,69,73)/b17-15-,22-21-,25-24-. The lowest BCUT2D eigenvalue weighted by Gasteiger charge is -2.46. The third kappa shape index (κ3) is 37.7. The van der Waals surface area contributed by atoms with E-state index in [2.05, 4.69) is 55.6 Å². The monoisotopic (exact) mass is 1170 g/mol. The Labute approximate surface area is 500 Å². The molecule has 2 rings (SSSR count). The second-order valence-electron chi connectivity index (χ2n) is 24.3. The molecule has 2 aliphatic heterocycles. The van der Waals surface area contributed by atoms with E-state index >= 15 is 0 Å². The van der Waals surface area contributed by atoms with Gasteiger partial charge in [0.1, 0.15) is 48.8 Å². The SMILES string of the molecule is CCCCCCC/C=C\C/C=C\C/C=C\CCCCCCCCCCCCCCCCCCC(=O)NC(COC1OC(CO)C(OC2OC(CO)C(O)C(O)C2O)C(O)C1O)C(O)CCCCCCCCCCCCCCCCCCC. The number of aliphatic hydroxyl groups excluding tert-OH is 8. The van der Waals surface area contributed by atoms with E-state index in [1.807, 2.05) is 0 Å². The molecule has 82 heavy (non-hydrogen) atoms. The summed E-state index contributed by atoms with van der Waals surface area (Å²) in [6, 6.07) is -0.828. The molecule has 1 amide bonds. The Morgan fingerprint density at radius 3 is 1.23 bits per heavy atom. The van der Waals surface area contributed by atoms with Crippen molar-refractivity contribution in [2.75, 3.05) is 19.8 Å². The van der Waals surface area contributed by atoms with E-state index in [0.29, 0.717) is 12.8 Å². The average molecular weight is 1170 g/mol. The largest absolute Gasteiger partial charge is 0.394 e. The van der Waals surface area contributed by atoms with E-state index in [1.54, 1.807) is 0 Å². The summed E-state index contributed by atoms with van der Waals surface area (Å²) in [7, 11) is 0. The molecule has 482 valence electrons. The van der Waals surface area contributed by atoms with Crippen LogP contribution in [0.1, 0.15) is 296 Å². The molecule has 2 fully saturated rings. The quantitative estimate of drug-likeness (QED) is 0.0204. The minimum atomic E-state index is -1.78. The molecule has 12 unspecified atom stereocenters. The van der Waals surface area contributed by atoms with Gasteiger partial charge >= 0.3 is 0 Å². The third-order valence-corrected chi connectivity index (χ3v) is 16.9. The zero-order valence-corrected chi connectivity index (χ0v) is 52.2. The maximum Gasteiger partial charge on any atom is 0.220 e.